The summed E-state index contributed by atoms with van der Waals surface area (Å²) in [5, 5.41) is 0. The minimum atomic E-state index is -0.799. The maximum atomic E-state index is 12.8. The maximum absolute atomic E-state index is 12.8. The third-order valence-corrected chi connectivity index (χ3v) is 13.3. The first-order valence-corrected chi connectivity index (χ1v) is 30.1. The molecule has 1 atom stereocenters. The van der Waals surface area contributed by atoms with E-state index in [9.17, 15) is 14.4 Å². The molecular formula is C63H114O6. The van der Waals surface area contributed by atoms with E-state index >= 15 is 0 Å². The number of allylic oxidation sites excluding steroid dienone is 8. The molecule has 0 saturated carbocycles. The van der Waals surface area contributed by atoms with Crippen molar-refractivity contribution in [1.29, 1.82) is 0 Å². The molecule has 0 heterocycles. The Kier molecular flexibility index (Phi) is 55.7. The first-order chi connectivity index (χ1) is 34.0. The third-order valence-electron chi connectivity index (χ3n) is 13.3. The van der Waals surface area contributed by atoms with E-state index in [1.54, 1.807) is 0 Å². The molecule has 0 aliphatic heterocycles. The van der Waals surface area contributed by atoms with Crippen molar-refractivity contribution >= 4 is 17.9 Å². The summed E-state index contributed by atoms with van der Waals surface area (Å²) in [4.78, 5) is 38.2. The number of rotatable bonds is 55. The van der Waals surface area contributed by atoms with E-state index in [2.05, 4.69) is 69.4 Å². The Labute approximate surface area is 428 Å². The number of hydrogen-bond donors (Lipinski definition) is 0. The molecule has 0 bridgehead atoms. The molecule has 0 N–H and O–H groups in total. The van der Waals surface area contributed by atoms with Gasteiger partial charge in [-0.3, -0.25) is 14.4 Å². The van der Waals surface area contributed by atoms with Crippen LogP contribution in [0, 0.1) is 0 Å². The summed E-state index contributed by atoms with van der Waals surface area (Å²) in [5.41, 5.74) is 0. The Balaban J connectivity index is 4.40. The summed E-state index contributed by atoms with van der Waals surface area (Å²) in [6.45, 7) is 6.62. The highest BCUT2D eigenvalue weighted by Crippen LogP contribution is 2.16. The van der Waals surface area contributed by atoms with Gasteiger partial charge >= 0.3 is 17.9 Å². The lowest BCUT2D eigenvalue weighted by molar-refractivity contribution is -0.167. The SMILES string of the molecule is CCCCCC/C=C\CCCCCCCCCC(=O)OC[C@H](COC(=O)CCCCCCCCCCCCCCCCCCCCC)OC(=O)CCC/C=C\C/C=C\C/C=C\CCCCCCCC. The average Bonchev–Trinajstić information content (AvgIpc) is 3.35. The number of esters is 3. The predicted molar refractivity (Wildman–Crippen MR) is 298 cm³/mol. The van der Waals surface area contributed by atoms with Gasteiger partial charge in [0, 0.05) is 19.3 Å². The zero-order chi connectivity index (χ0) is 50.0. The van der Waals surface area contributed by atoms with Gasteiger partial charge in [0.05, 0.1) is 0 Å². The molecule has 0 aromatic carbocycles. The van der Waals surface area contributed by atoms with Crippen molar-refractivity contribution in [2.75, 3.05) is 13.2 Å². The number of ether oxygens (including phenoxy) is 3. The van der Waals surface area contributed by atoms with Crippen molar-refractivity contribution in [3.63, 3.8) is 0 Å². The molecule has 0 aliphatic rings. The summed E-state index contributed by atoms with van der Waals surface area (Å²) >= 11 is 0. The van der Waals surface area contributed by atoms with Crippen LogP contribution in [0.2, 0.25) is 0 Å². The molecule has 0 radical (unpaired) electrons. The first-order valence-electron chi connectivity index (χ1n) is 30.1. The zero-order valence-corrected chi connectivity index (χ0v) is 46.1. The average molecular weight is 968 g/mol. The Bertz CT molecular complexity index is 1200. The van der Waals surface area contributed by atoms with Crippen LogP contribution in [-0.4, -0.2) is 37.2 Å². The van der Waals surface area contributed by atoms with Gasteiger partial charge in [0.2, 0.25) is 0 Å². The molecule has 0 aliphatic carbocycles. The van der Waals surface area contributed by atoms with Crippen LogP contribution in [-0.2, 0) is 28.6 Å². The minimum absolute atomic E-state index is 0.0911. The fourth-order valence-corrected chi connectivity index (χ4v) is 8.75. The molecule has 0 unspecified atom stereocenters. The molecule has 0 fully saturated rings. The van der Waals surface area contributed by atoms with Crippen LogP contribution >= 0.6 is 0 Å². The number of hydrogen-bond acceptors (Lipinski definition) is 6. The second-order valence-corrected chi connectivity index (χ2v) is 20.3. The minimum Gasteiger partial charge on any atom is -0.462 e. The van der Waals surface area contributed by atoms with Crippen molar-refractivity contribution in [3.8, 4) is 0 Å². The molecule has 0 rings (SSSR count). The maximum Gasteiger partial charge on any atom is 0.306 e. The summed E-state index contributed by atoms with van der Waals surface area (Å²) in [6.07, 6.45) is 71.1. The Hall–Kier alpha value is -2.63. The molecule has 0 saturated heterocycles. The van der Waals surface area contributed by atoms with E-state index in [0.717, 1.165) is 57.8 Å². The molecule has 0 amide bonds. The molecule has 402 valence electrons. The fourth-order valence-electron chi connectivity index (χ4n) is 8.75. The standard InChI is InChI=1S/C63H114O6/c1-4-7-10-13-16-19-22-25-28-30-31-33-35-38-41-44-47-50-53-56-62(65)68-59-60(58-67-61(64)55-52-49-46-43-40-37-34-27-24-21-18-15-12-9-6-3)69-63(66)57-54-51-48-45-42-39-36-32-29-26-23-20-17-14-11-8-5-2/h21,24,26,29,36,39,45,48,60H,4-20,22-23,25,27-28,30-35,37-38,40-44,46-47,49-59H2,1-3H3/b24-21-,29-26-,39-36-,48-45-/t60-/m1/s1. The van der Waals surface area contributed by atoms with Gasteiger partial charge in [-0.05, 0) is 77.0 Å². The van der Waals surface area contributed by atoms with Crippen LogP contribution < -0.4 is 0 Å². The Morgan fingerprint density at radius 2 is 0.536 bits per heavy atom. The van der Waals surface area contributed by atoms with E-state index < -0.39 is 6.10 Å². The lowest BCUT2D eigenvalue weighted by Crippen LogP contribution is -2.30. The number of carbonyl (C=O) groups is 3. The van der Waals surface area contributed by atoms with Gasteiger partial charge < -0.3 is 14.2 Å². The predicted octanol–water partition coefficient (Wildman–Crippen LogP) is 20.2. The molecular weight excluding hydrogens is 853 g/mol. The molecule has 0 aromatic rings. The monoisotopic (exact) mass is 967 g/mol. The van der Waals surface area contributed by atoms with E-state index in [4.69, 9.17) is 14.2 Å². The van der Waals surface area contributed by atoms with Crippen molar-refractivity contribution in [2.45, 2.75) is 322 Å². The topological polar surface area (TPSA) is 78.9 Å². The molecule has 0 spiro atoms. The van der Waals surface area contributed by atoms with Crippen LogP contribution in [0.3, 0.4) is 0 Å². The fraction of sp³-hybridized carbons (Fsp3) is 0.825. The zero-order valence-electron chi connectivity index (χ0n) is 46.1. The highest BCUT2D eigenvalue weighted by Gasteiger charge is 2.19. The summed E-state index contributed by atoms with van der Waals surface area (Å²) in [5.74, 6) is -0.932. The molecule has 6 heteroatoms. The highest BCUT2D eigenvalue weighted by atomic mass is 16.6. The van der Waals surface area contributed by atoms with Gasteiger partial charge in [0.1, 0.15) is 13.2 Å². The molecule has 69 heavy (non-hydrogen) atoms. The second-order valence-electron chi connectivity index (χ2n) is 20.3. The van der Waals surface area contributed by atoms with Crippen LogP contribution in [0.15, 0.2) is 48.6 Å². The summed E-state index contributed by atoms with van der Waals surface area (Å²) < 4.78 is 16.8. The van der Waals surface area contributed by atoms with Crippen molar-refractivity contribution in [3.05, 3.63) is 48.6 Å². The summed E-state index contributed by atoms with van der Waals surface area (Å²) in [7, 11) is 0. The van der Waals surface area contributed by atoms with Gasteiger partial charge in [-0.15, -0.1) is 0 Å². The van der Waals surface area contributed by atoms with Gasteiger partial charge in [-0.25, -0.2) is 0 Å². The Morgan fingerprint density at radius 3 is 0.884 bits per heavy atom. The third kappa shape index (κ3) is 56.2. The van der Waals surface area contributed by atoms with Crippen LogP contribution in [0.5, 0.6) is 0 Å². The second kappa shape index (κ2) is 57.9. The largest absolute Gasteiger partial charge is 0.462 e. The van der Waals surface area contributed by atoms with E-state index in [-0.39, 0.29) is 37.5 Å². The first kappa shape index (κ1) is 66.4. The van der Waals surface area contributed by atoms with Gasteiger partial charge in [-0.2, -0.15) is 0 Å². The highest BCUT2D eigenvalue weighted by molar-refractivity contribution is 5.71. The lowest BCUT2D eigenvalue weighted by atomic mass is 10.0. The van der Waals surface area contributed by atoms with Crippen LogP contribution in [0.25, 0.3) is 0 Å². The Morgan fingerprint density at radius 1 is 0.290 bits per heavy atom. The normalized spacial score (nSPS) is 12.3. The van der Waals surface area contributed by atoms with Crippen molar-refractivity contribution < 1.29 is 28.6 Å². The lowest BCUT2D eigenvalue weighted by Gasteiger charge is -2.18. The number of unbranched alkanes of at least 4 members (excludes halogenated alkanes) is 36. The van der Waals surface area contributed by atoms with Gasteiger partial charge in [-0.1, -0.05) is 268 Å². The van der Waals surface area contributed by atoms with E-state index in [1.165, 1.54) is 212 Å². The summed E-state index contributed by atoms with van der Waals surface area (Å²) in [6, 6.07) is 0. The van der Waals surface area contributed by atoms with Gasteiger partial charge in [0.25, 0.3) is 0 Å². The number of carbonyl (C=O) groups excluding carboxylic acids is 3. The van der Waals surface area contributed by atoms with Crippen molar-refractivity contribution in [1.82, 2.24) is 0 Å². The van der Waals surface area contributed by atoms with Gasteiger partial charge in [0.15, 0.2) is 6.10 Å². The van der Waals surface area contributed by atoms with Crippen LogP contribution in [0.1, 0.15) is 316 Å². The van der Waals surface area contributed by atoms with Crippen molar-refractivity contribution in [2.24, 2.45) is 0 Å². The molecule has 0 aromatic heterocycles. The smallest absolute Gasteiger partial charge is 0.306 e. The quantitative estimate of drug-likeness (QED) is 0.0262. The van der Waals surface area contributed by atoms with E-state index in [1.807, 2.05) is 0 Å². The van der Waals surface area contributed by atoms with E-state index in [0.29, 0.717) is 19.3 Å². The molecule has 6 nitrogen and oxygen atoms in total. The van der Waals surface area contributed by atoms with Crippen LogP contribution in [0.4, 0.5) is 0 Å².